The highest BCUT2D eigenvalue weighted by Gasteiger charge is 2.11. The lowest BCUT2D eigenvalue weighted by Gasteiger charge is -2.10. The number of aromatic nitrogens is 4. The molecule has 0 bridgehead atoms. The van der Waals surface area contributed by atoms with E-state index in [2.05, 4.69) is 27.8 Å². The zero-order chi connectivity index (χ0) is 13.9. The molecule has 0 radical (unpaired) electrons. The molecule has 19 heavy (non-hydrogen) atoms. The van der Waals surface area contributed by atoms with Crippen LogP contribution in [0.1, 0.15) is 13.3 Å². The molecule has 110 valence electrons. The Morgan fingerprint density at radius 2 is 2.05 bits per heavy atom. The molecule has 1 rings (SSSR count). The lowest BCUT2D eigenvalue weighted by molar-refractivity contribution is 0.195. The molecule has 0 aliphatic carbocycles. The Morgan fingerprint density at radius 1 is 1.26 bits per heavy atom. The van der Waals surface area contributed by atoms with Crippen LogP contribution < -0.4 is 5.32 Å². The predicted molar refractivity (Wildman–Crippen MR) is 74.4 cm³/mol. The number of thioether (sulfide) groups is 1. The van der Waals surface area contributed by atoms with Crippen LogP contribution >= 0.6 is 11.8 Å². The minimum absolute atomic E-state index is 0.436. The summed E-state index contributed by atoms with van der Waals surface area (Å²) in [5.41, 5.74) is 0. The summed E-state index contributed by atoms with van der Waals surface area (Å²) in [6.07, 6.45) is 0.986. The molecular weight excluding hydrogens is 266 g/mol. The summed E-state index contributed by atoms with van der Waals surface area (Å²) in [6.45, 7) is 6.05. The zero-order valence-electron chi connectivity index (χ0n) is 11.8. The van der Waals surface area contributed by atoms with Crippen LogP contribution in [0.15, 0.2) is 5.16 Å². The number of hydrogen-bond donors (Lipinski definition) is 1. The van der Waals surface area contributed by atoms with Gasteiger partial charge in [0.05, 0.1) is 13.2 Å². The second-order valence-corrected chi connectivity index (χ2v) is 5.54. The molecule has 0 amide bonds. The van der Waals surface area contributed by atoms with Gasteiger partial charge in [-0.2, -0.15) is 0 Å². The molecule has 8 heteroatoms. The Bertz CT molecular complexity index is 337. The number of tetrazole rings is 1. The smallest absolute Gasteiger partial charge is 0.209 e. The van der Waals surface area contributed by atoms with E-state index in [9.17, 15) is 0 Å². The Hall–Kier alpha value is -0.700. The van der Waals surface area contributed by atoms with Crippen LogP contribution in [0.25, 0.3) is 0 Å². The van der Waals surface area contributed by atoms with Gasteiger partial charge in [-0.15, -0.1) is 5.10 Å². The van der Waals surface area contributed by atoms with Crippen molar-refractivity contribution in [1.29, 1.82) is 0 Å². The van der Waals surface area contributed by atoms with Crippen molar-refractivity contribution in [3.8, 4) is 0 Å². The molecule has 0 saturated carbocycles. The van der Waals surface area contributed by atoms with Crippen LogP contribution in [0.3, 0.4) is 0 Å². The zero-order valence-corrected chi connectivity index (χ0v) is 12.7. The highest BCUT2D eigenvalue weighted by Crippen LogP contribution is 2.22. The van der Waals surface area contributed by atoms with Crippen molar-refractivity contribution in [3.63, 3.8) is 0 Å². The second kappa shape index (κ2) is 10.1. The first-order valence-corrected chi connectivity index (χ1v) is 7.27. The molecule has 0 fully saturated rings. The van der Waals surface area contributed by atoms with Gasteiger partial charge in [-0.3, -0.25) is 0 Å². The highest BCUT2D eigenvalue weighted by molar-refractivity contribution is 7.99. The van der Waals surface area contributed by atoms with Crippen LogP contribution in [-0.4, -0.2) is 66.0 Å². The van der Waals surface area contributed by atoms with E-state index in [1.807, 2.05) is 4.68 Å². The fourth-order valence-corrected chi connectivity index (χ4v) is 2.34. The molecule has 0 aliphatic rings. The van der Waals surface area contributed by atoms with Gasteiger partial charge in [-0.1, -0.05) is 18.7 Å². The number of nitrogens with zero attached hydrogens (tertiary/aromatic N) is 4. The maximum absolute atomic E-state index is 5.07. The van der Waals surface area contributed by atoms with Crippen molar-refractivity contribution in [3.05, 3.63) is 0 Å². The third kappa shape index (κ3) is 6.86. The van der Waals surface area contributed by atoms with E-state index in [0.29, 0.717) is 11.9 Å². The average molecular weight is 289 g/mol. The maximum Gasteiger partial charge on any atom is 0.209 e. The first-order valence-electron chi connectivity index (χ1n) is 6.39. The van der Waals surface area contributed by atoms with E-state index in [0.717, 1.165) is 37.8 Å². The molecule has 1 unspecified atom stereocenters. The maximum atomic E-state index is 5.07. The van der Waals surface area contributed by atoms with Crippen molar-refractivity contribution in [2.24, 2.45) is 0 Å². The Morgan fingerprint density at radius 3 is 2.79 bits per heavy atom. The molecule has 1 atom stereocenters. The first kappa shape index (κ1) is 16.4. The van der Waals surface area contributed by atoms with Crippen LogP contribution in [0.2, 0.25) is 0 Å². The third-order valence-electron chi connectivity index (χ3n) is 2.52. The summed E-state index contributed by atoms with van der Waals surface area (Å²) in [6, 6.07) is 0. The van der Waals surface area contributed by atoms with Gasteiger partial charge in [0.1, 0.15) is 0 Å². The fourth-order valence-electron chi connectivity index (χ4n) is 1.43. The summed E-state index contributed by atoms with van der Waals surface area (Å²) < 4.78 is 11.9. The van der Waals surface area contributed by atoms with E-state index in [4.69, 9.17) is 9.47 Å². The quantitative estimate of drug-likeness (QED) is 0.467. The molecule has 0 spiro atoms. The van der Waals surface area contributed by atoms with Gasteiger partial charge in [0.25, 0.3) is 0 Å². The second-order valence-electron chi connectivity index (χ2n) is 4.14. The van der Waals surface area contributed by atoms with Gasteiger partial charge in [-0.05, 0) is 16.8 Å². The monoisotopic (exact) mass is 289 g/mol. The molecule has 1 N–H and O–H groups in total. The van der Waals surface area contributed by atoms with E-state index in [1.165, 1.54) is 0 Å². The normalized spacial score (nSPS) is 12.8. The lowest BCUT2D eigenvalue weighted by atomic mass is 10.3. The van der Waals surface area contributed by atoms with Crippen molar-refractivity contribution >= 4 is 11.8 Å². The van der Waals surface area contributed by atoms with Crippen LogP contribution in [-0.2, 0) is 16.0 Å². The van der Waals surface area contributed by atoms with E-state index >= 15 is 0 Å². The summed E-state index contributed by atoms with van der Waals surface area (Å²) in [5, 5.41) is 16.3. The fraction of sp³-hybridized carbons (Fsp3) is 0.909. The molecule has 1 aromatic rings. The minimum Gasteiger partial charge on any atom is -0.385 e. The number of rotatable bonds is 11. The first-order chi connectivity index (χ1) is 9.27. The van der Waals surface area contributed by atoms with Crippen LogP contribution in [0, 0.1) is 0 Å². The third-order valence-corrected chi connectivity index (χ3v) is 3.66. The van der Waals surface area contributed by atoms with Gasteiger partial charge < -0.3 is 14.8 Å². The summed E-state index contributed by atoms with van der Waals surface area (Å²) in [7, 11) is 3.41. The van der Waals surface area contributed by atoms with Crippen molar-refractivity contribution in [2.75, 3.05) is 40.5 Å². The standard InChI is InChI=1S/C11H23N5O2S/c1-10(4-8-17-2)19-11-13-14-15-16(11)7-5-12-6-9-18-3/h10,12H,4-9H2,1-3H3. The molecule has 1 heterocycles. The number of ether oxygens (including phenoxy) is 2. The summed E-state index contributed by atoms with van der Waals surface area (Å²) in [5.74, 6) is 0. The Balaban J connectivity index is 2.29. The Kier molecular flexibility index (Phi) is 8.72. The SMILES string of the molecule is COCCNCCn1nnnc1SC(C)CCOC. The van der Waals surface area contributed by atoms with Gasteiger partial charge in [0, 0.05) is 39.2 Å². The van der Waals surface area contributed by atoms with Gasteiger partial charge in [-0.25, -0.2) is 4.68 Å². The van der Waals surface area contributed by atoms with Gasteiger partial charge >= 0.3 is 0 Å². The van der Waals surface area contributed by atoms with Crippen LogP contribution in [0.5, 0.6) is 0 Å². The number of hydrogen-bond acceptors (Lipinski definition) is 7. The van der Waals surface area contributed by atoms with Crippen molar-refractivity contribution < 1.29 is 9.47 Å². The van der Waals surface area contributed by atoms with E-state index in [1.54, 1.807) is 26.0 Å². The largest absolute Gasteiger partial charge is 0.385 e. The van der Waals surface area contributed by atoms with Gasteiger partial charge in [0.2, 0.25) is 5.16 Å². The average Bonchev–Trinajstić information content (AvgIpc) is 2.83. The highest BCUT2D eigenvalue weighted by atomic mass is 32.2. The van der Waals surface area contributed by atoms with Crippen LogP contribution in [0.4, 0.5) is 0 Å². The minimum atomic E-state index is 0.436. The van der Waals surface area contributed by atoms with E-state index < -0.39 is 0 Å². The van der Waals surface area contributed by atoms with Crippen molar-refractivity contribution in [1.82, 2.24) is 25.5 Å². The summed E-state index contributed by atoms with van der Waals surface area (Å²) in [4.78, 5) is 0. The van der Waals surface area contributed by atoms with E-state index in [-0.39, 0.29) is 0 Å². The molecular formula is C11H23N5O2S. The Labute approximate surface area is 118 Å². The topological polar surface area (TPSA) is 74.1 Å². The molecule has 0 aliphatic heterocycles. The van der Waals surface area contributed by atoms with Crippen molar-refractivity contribution in [2.45, 2.75) is 30.3 Å². The predicted octanol–water partition coefficient (Wildman–Crippen LogP) is 0.426. The summed E-state index contributed by atoms with van der Waals surface area (Å²) >= 11 is 1.68. The number of methoxy groups -OCH3 is 2. The molecule has 0 saturated heterocycles. The lowest BCUT2D eigenvalue weighted by Crippen LogP contribution is -2.24. The molecule has 7 nitrogen and oxygen atoms in total. The molecule has 0 aromatic carbocycles. The number of nitrogens with one attached hydrogen (secondary N) is 1. The van der Waals surface area contributed by atoms with Gasteiger partial charge in [0.15, 0.2) is 0 Å². The molecule has 1 aromatic heterocycles.